The Balaban J connectivity index is 2.50. The Kier molecular flexibility index (Phi) is 6.13. The molecule has 0 fully saturated rings. The maximum atomic E-state index is 11.3. The third-order valence-electron chi connectivity index (χ3n) is 2.36. The van der Waals surface area contributed by atoms with Gasteiger partial charge in [0.1, 0.15) is 5.75 Å². The summed E-state index contributed by atoms with van der Waals surface area (Å²) < 4.78 is 5.26. The molecule has 0 aliphatic heterocycles. The Morgan fingerprint density at radius 2 is 2.37 bits per heavy atom. The van der Waals surface area contributed by atoms with Gasteiger partial charge in [0, 0.05) is 6.54 Å². The Bertz CT molecular complexity index is 483. The Morgan fingerprint density at radius 1 is 1.63 bits per heavy atom. The predicted octanol–water partition coefficient (Wildman–Crippen LogP) is 1.80. The highest BCUT2D eigenvalue weighted by Crippen LogP contribution is 2.27. The number of carbonyl (C=O) groups excluding carboxylic acids is 1. The van der Waals surface area contributed by atoms with Crippen LogP contribution in [-0.4, -0.2) is 24.2 Å². The number of nitriles is 1. The van der Waals surface area contributed by atoms with E-state index in [4.69, 9.17) is 21.6 Å². The first-order chi connectivity index (χ1) is 9.04. The van der Waals surface area contributed by atoms with Gasteiger partial charge in [-0.2, -0.15) is 5.26 Å². The summed E-state index contributed by atoms with van der Waals surface area (Å²) in [7, 11) is 0. The molecule has 0 radical (unpaired) electrons. The van der Waals surface area contributed by atoms with Crippen molar-refractivity contribution in [1.82, 2.24) is 5.32 Å². The third kappa shape index (κ3) is 5.16. The minimum atomic E-state index is -0.610. The molecule has 1 aromatic carbocycles. The summed E-state index contributed by atoms with van der Waals surface area (Å²) in [6, 6.07) is 6.80. The molecule has 19 heavy (non-hydrogen) atoms. The molecule has 2 N–H and O–H groups in total. The number of hydrogen-bond donors (Lipinski definition) is 2. The fraction of sp³-hybridized carbons (Fsp3) is 0.385. The Hall–Kier alpha value is -1.77. The van der Waals surface area contributed by atoms with Gasteiger partial charge < -0.3 is 15.2 Å². The second-order valence-corrected chi connectivity index (χ2v) is 4.32. The van der Waals surface area contributed by atoms with Crippen LogP contribution in [0.25, 0.3) is 0 Å². The average Bonchev–Trinajstić information content (AvgIpc) is 2.37. The van der Waals surface area contributed by atoms with Gasteiger partial charge in [-0.1, -0.05) is 17.7 Å². The highest BCUT2D eigenvalue weighted by atomic mass is 35.5. The van der Waals surface area contributed by atoms with E-state index < -0.39 is 6.10 Å². The van der Waals surface area contributed by atoms with E-state index in [1.54, 1.807) is 25.1 Å². The van der Waals surface area contributed by atoms with Gasteiger partial charge in [0.25, 0.3) is 5.91 Å². The average molecular weight is 283 g/mol. The van der Waals surface area contributed by atoms with Crippen LogP contribution in [0, 0.1) is 11.3 Å². The number of hydrogen-bond acceptors (Lipinski definition) is 4. The molecule has 102 valence electrons. The number of ether oxygens (including phenoxy) is 1. The normalized spacial score (nSPS) is 11.5. The zero-order valence-electron chi connectivity index (χ0n) is 10.5. The Labute approximate surface area is 116 Å². The number of rotatable bonds is 6. The molecule has 0 heterocycles. The molecule has 1 amide bonds. The monoisotopic (exact) mass is 282 g/mol. The standard InChI is InChI=1S/C13H15ClN2O3/c1-9(17)10-3-4-12(11(14)7-10)19-8-13(18)16-6-2-5-15/h3-4,7,9,17H,2,6,8H2,1H3,(H,16,18)/t9-/m0/s1. The van der Waals surface area contributed by atoms with Gasteiger partial charge in [-0.25, -0.2) is 0 Å². The van der Waals surface area contributed by atoms with Crippen molar-refractivity contribution >= 4 is 17.5 Å². The molecule has 5 nitrogen and oxygen atoms in total. The molecular weight excluding hydrogens is 268 g/mol. The first-order valence-electron chi connectivity index (χ1n) is 5.78. The van der Waals surface area contributed by atoms with Crippen molar-refractivity contribution in [2.24, 2.45) is 0 Å². The van der Waals surface area contributed by atoms with Gasteiger partial charge in [-0.15, -0.1) is 0 Å². The van der Waals surface area contributed by atoms with Crippen molar-refractivity contribution in [1.29, 1.82) is 5.26 Å². The minimum Gasteiger partial charge on any atom is -0.482 e. The van der Waals surface area contributed by atoms with Gasteiger partial charge in [0.05, 0.1) is 23.6 Å². The molecule has 0 aliphatic carbocycles. The second-order valence-electron chi connectivity index (χ2n) is 3.91. The lowest BCUT2D eigenvalue weighted by molar-refractivity contribution is -0.123. The summed E-state index contributed by atoms with van der Waals surface area (Å²) in [5, 5.41) is 20.6. The fourth-order valence-electron chi connectivity index (χ4n) is 1.35. The van der Waals surface area contributed by atoms with Crippen LogP contribution < -0.4 is 10.1 Å². The van der Waals surface area contributed by atoms with Crippen molar-refractivity contribution in [3.63, 3.8) is 0 Å². The summed E-state index contributed by atoms with van der Waals surface area (Å²) in [6.45, 7) is 1.77. The Morgan fingerprint density at radius 3 is 2.95 bits per heavy atom. The minimum absolute atomic E-state index is 0.167. The first-order valence-corrected chi connectivity index (χ1v) is 6.16. The molecule has 0 unspecified atom stereocenters. The highest BCUT2D eigenvalue weighted by molar-refractivity contribution is 6.32. The maximum Gasteiger partial charge on any atom is 0.257 e. The highest BCUT2D eigenvalue weighted by Gasteiger charge is 2.08. The summed E-state index contributed by atoms with van der Waals surface area (Å²) in [6.07, 6.45) is -0.351. The number of amides is 1. The molecule has 1 rings (SSSR count). The smallest absolute Gasteiger partial charge is 0.257 e. The molecule has 0 aromatic heterocycles. The van der Waals surface area contributed by atoms with Crippen LogP contribution in [0.15, 0.2) is 18.2 Å². The predicted molar refractivity (Wildman–Crippen MR) is 70.8 cm³/mol. The second kappa shape index (κ2) is 7.62. The number of aliphatic hydroxyl groups is 1. The third-order valence-corrected chi connectivity index (χ3v) is 2.65. The van der Waals surface area contributed by atoms with Crippen molar-refractivity contribution in [3.8, 4) is 11.8 Å². The molecular formula is C13H15ClN2O3. The zero-order valence-corrected chi connectivity index (χ0v) is 11.3. The lowest BCUT2D eigenvalue weighted by atomic mass is 10.1. The molecule has 6 heteroatoms. The van der Waals surface area contributed by atoms with Crippen LogP contribution in [0.1, 0.15) is 25.0 Å². The number of halogens is 1. The molecule has 0 bridgehead atoms. The molecule has 0 spiro atoms. The number of nitrogens with zero attached hydrogens (tertiary/aromatic N) is 1. The van der Waals surface area contributed by atoms with Gasteiger partial charge in [-0.3, -0.25) is 4.79 Å². The van der Waals surface area contributed by atoms with Crippen LogP contribution in [0.3, 0.4) is 0 Å². The van der Waals surface area contributed by atoms with Crippen molar-refractivity contribution in [3.05, 3.63) is 28.8 Å². The van der Waals surface area contributed by atoms with Crippen LogP contribution in [0.5, 0.6) is 5.75 Å². The van der Waals surface area contributed by atoms with E-state index in [0.29, 0.717) is 22.9 Å². The largest absolute Gasteiger partial charge is 0.482 e. The van der Waals surface area contributed by atoms with Crippen molar-refractivity contribution < 1.29 is 14.6 Å². The van der Waals surface area contributed by atoms with E-state index in [-0.39, 0.29) is 18.9 Å². The van der Waals surface area contributed by atoms with Gasteiger partial charge in [0.2, 0.25) is 0 Å². The van der Waals surface area contributed by atoms with Crippen molar-refractivity contribution in [2.45, 2.75) is 19.4 Å². The number of carbonyl (C=O) groups is 1. The zero-order chi connectivity index (χ0) is 14.3. The maximum absolute atomic E-state index is 11.3. The summed E-state index contributed by atoms with van der Waals surface area (Å²) >= 11 is 5.97. The van der Waals surface area contributed by atoms with E-state index in [1.165, 1.54) is 0 Å². The van der Waals surface area contributed by atoms with E-state index in [1.807, 2.05) is 6.07 Å². The lowest BCUT2D eigenvalue weighted by Gasteiger charge is -2.10. The van der Waals surface area contributed by atoms with Gasteiger partial charge in [0.15, 0.2) is 6.61 Å². The molecule has 0 saturated heterocycles. The topological polar surface area (TPSA) is 82.3 Å². The fourth-order valence-corrected chi connectivity index (χ4v) is 1.59. The molecule has 1 atom stereocenters. The first kappa shape index (κ1) is 15.3. The number of nitrogens with one attached hydrogen (secondary N) is 1. The SMILES string of the molecule is C[C@H](O)c1ccc(OCC(=O)NCCC#N)c(Cl)c1. The summed E-state index contributed by atoms with van der Waals surface area (Å²) in [4.78, 5) is 11.3. The van der Waals surface area contributed by atoms with E-state index >= 15 is 0 Å². The molecule has 0 aliphatic rings. The lowest BCUT2D eigenvalue weighted by Crippen LogP contribution is -2.29. The molecule has 1 aromatic rings. The van der Waals surface area contributed by atoms with E-state index in [9.17, 15) is 9.90 Å². The summed E-state index contributed by atoms with van der Waals surface area (Å²) in [5.74, 6) is 0.0624. The van der Waals surface area contributed by atoms with E-state index in [0.717, 1.165) is 0 Å². The molecule has 0 saturated carbocycles. The van der Waals surface area contributed by atoms with Crippen LogP contribution >= 0.6 is 11.6 Å². The van der Waals surface area contributed by atoms with Crippen molar-refractivity contribution in [2.75, 3.05) is 13.2 Å². The van der Waals surface area contributed by atoms with E-state index in [2.05, 4.69) is 5.32 Å². The van der Waals surface area contributed by atoms with Crippen LogP contribution in [0.2, 0.25) is 5.02 Å². The number of benzene rings is 1. The van der Waals surface area contributed by atoms with Crippen LogP contribution in [-0.2, 0) is 4.79 Å². The number of aliphatic hydroxyl groups excluding tert-OH is 1. The van der Waals surface area contributed by atoms with Gasteiger partial charge >= 0.3 is 0 Å². The quantitative estimate of drug-likeness (QED) is 0.780. The summed E-state index contributed by atoms with van der Waals surface area (Å²) in [5.41, 5.74) is 0.677. The van der Waals surface area contributed by atoms with Gasteiger partial charge in [-0.05, 0) is 24.6 Å². The van der Waals surface area contributed by atoms with Crippen LogP contribution in [0.4, 0.5) is 0 Å².